The minimum atomic E-state index is -1.06. The molecule has 0 bridgehead atoms. The third-order valence-electron chi connectivity index (χ3n) is 3.47. The minimum Gasteiger partial charge on any atom is -0.508 e. The summed E-state index contributed by atoms with van der Waals surface area (Å²) in [5, 5.41) is 35.4. The third-order valence-corrected chi connectivity index (χ3v) is 4.24. The first kappa shape index (κ1) is 22.4. The second-order valence-electron chi connectivity index (χ2n) is 5.74. The number of aliphatic carboxylic acids is 2. The maximum atomic E-state index is 10.5. The molecule has 0 saturated heterocycles. The lowest BCUT2D eigenvalue weighted by Crippen LogP contribution is -2.32. The average molecular weight is 441 g/mol. The van der Waals surface area contributed by atoms with E-state index in [9.17, 15) is 14.7 Å². The molecule has 2 atom stereocenters. The maximum Gasteiger partial charge on any atom is 0.320 e. The molecule has 0 fully saturated rings. The molecule has 8 nitrogen and oxygen atoms in total. The number of phenolic OH excluding ortho intramolecular Hbond substituents is 2. The zero-order valence-electron chi connectivity index (χ0n) is 14.2. The van der Waals surface area contributed by atoms with Gasteiger partial charge in [0.25, 0.3) is 0 Å². The van der Waals surface area contributed by atoms with Crippen molar-refractivity contribution >= 4 is 27.9 Å². The van der Waals surface area contributed by atoms with E-state index >= 15 is 0 Å². The summed E-state index contributed by atoms with van der Waals surface area (Å²) in [6.07, 6.45) is 0.411. The fraction of sp³-hybridized carbons (Fsp3) is 0.222. The van der Waals surface area contributed by atoms with Crippen molar-refractivity contribution in [1.29, 1.82) is 0 Å². The van der Waals surface area contributed by atoms with Crippen LogP contribution in [0.3, 0.4) is 0 Å². The summed E-state index contributed by atoms with van der Waals surface area (Å²) in [6, 6.07) is 9.20. The van der Waals surface area contributed by atoms with Crippen molar-refractivity contribution in [1.82, 2.24) is 0 Å². The van der Waals surface area contributed by atoms with E-state index in [1.165, 1.54) is 24.3 Å². The molecule has 0 aliphatic carbocycles. The Kier molecular flexibility index (Phi) is 8.73. The van der Waals surface area contributed by atoms with Crippen LogP contribution in [0.15, 0.2) is 46.9 Å². The molecule has 0 aliphatic rings. The number of hydrogen-bond acceptors (Lipinski definition) is 6. The van der Waals surface area contributed by atoms with Gasteiger partial charge in [-0.1, -0.05) is 28.1 Å². The minimum absolute atomic E-state index is 0.0980. The summed E-state index contributed by atoms with van der Waals surface area (Å²) in [5.41, 5.74) is 12.1. The predicted molar refractivity (Wildman–Crippen MR) is 103 cm³/mol. The number of aromatic hydroxyl groups is 2. The maximum absolute atomic E-state index is 10.5. The molecular formula is C18H21BrN2O6. The highest BCUT2D eigenvalue weighted by atomic mass is 79.9. The lowest BCUT2D eigenvalue weighted by Gasteiger charge is -2.08. The summed E-state index contributed by atoms with van der Waals surface area (Å²) < 4.78 is 0.743. The van der Waals surface area contributed by atoms with Gasteiger partial charge in [-0.3, -0.25) is 9.59 Å². The van der Waals surface area contributed by atoms with Gasteiger partial charge in [0.2, 0.25) is 0 Å². The molecule has 146 valence electrons. The van der Waals surface area contributed by atoms with Crippen molar-refractivity contribution in [3.63, 3.8) is 0 Å². The van der Waals surface area contributed by atoms with Crippen LogP contribution in [-0.4, -0.2) is 44.4 Å². The Bertz CT molecular complexity index is 799. The third kappa shape index (κ3) is 8.07. The Morgan fingerprint density at radius 3 is 2.00 bits per heavy atom. The molecule has 8 N–H and O–H groups in total. The van der Waals surface area contributed by atoms with Crippen LogP contribution in [0.2, 0.25) is 0 Å². The van der Waals surface area contributed by atoms with Crippen LogP contribution in [0.5, 0.6) is 11.5 Å². The van der Waals surface area contributed by atoms with Crippen molar-refractivity contribution in [2.24, 2.45) is 11.5 Å². The van der Waals surface area contributed by atoms with Gasteiger partial charge in [0, 0.05) is 4.47 Å². The molecule has 0 aromatic heterocycles. The van der Waals surface area contributed by atoms with Crippen LogP contribution < -0.4 is 11.5 Å². The largest absolute Gasteiger partial charge is 0.508 e. The van der Waals surface area contributed by atoms with E-state index in [0.29, 0.717) is 5.56 Å². The highest BCUT2D eigenvalue weighted by Gasteiger charge is 2.14. The summed E-state index contributed by atoms with van der Waals surface area (Å²) in [6.45, 7) is 0. The van der Waals surface area contributed by atoms with E-state index in [1.54, 1.807) is 18.2 Å². The first-order valence-corrected chi connectivity index (χ1v) is 8.61. The smallest absolute Gasteiger partial charge is 0.320 e. The number of hydrogen-bond donors (Lipinski definition) is 6. The molecule has 0 spiro atoms. The highest BCUT2D eigenvalue weighted by Crippen LogP contribution is 2.22. The fourth-order valence-electron chi connectivity index (χ4n) is 2.07. The number of carbonyl (C=O) groups is 2. The van der Waals surface area contributed by atoms with E-state index in [0.717, 1.165) is 10.0 Å². The number of benzene rings is 2. The molecule has 0 radical (unpaired) electrons. The van der Waals surface area contributed by atoms with Gasteiger partial charge in [0.1, 0.15) is 23.6 Å². The number of rotatable bonds is 6. The lowest BCUT2D eigenvalue weighted by molar-refractivity contribution is -0.139. The van der Waals surface area contributed by atoms with Crippen molar-refractivity contribution in [3.05, 3.63) is 58.1 Å². The van der Waals surface area contributed by atoms with Crippen LogP contribution in [0, 0.1) is 0 Å². The van der Waals surface area contributed by atoms with Crippen LogP contribution in [0.25, 0.3) is 0 Å². The summed E-state index contributed by atoms with van der Waals surface area (Å²) >= 11 is 3.25. The topological polar surface area (TPSA) is 167 Å². The SMILES string of the molecule is NC(Cc1cc(O)ccc1Br)C(=O)O.NC(Cc1cccc(O)c1)C(=O)O. The Balaban J connectivity index is 0.000000271. The summed E-state index contributed by atoms with van der Waals surface area (Å²) in [5.74, 6) is -1.88. The first-order valence-electron chi connectivity index (χ1n) is 7.82. The molecule has 9 heteroatoms. The monoisotopic (exact) mass is 440 g/mol. The summed E-state index contributed by atoms with van der Waals surface area (Å²) in [4.78, 5) is 20.9. The zero-order chi connectivity index (χ0) is 20.6. The fourth-order valence-corrected chi connectivity index (χ4v) is 2.47. The van der Waals surface area contributed by atoms with Gasteiger partial charge >= 0.3 is 11.9 Å². The van der Waals surface area contributed by atoms with E-state index in [-0.39, 0.29) is 24.3 Å². The van der Waals surface area contributed by atoms with E-state index in [4.69, 9.17) is 26.8 Å². The zero-order valence-corrected chi connectivity index (χ0v) is 15.8. The Hall–Kier alpha value is -2.62. The summed E-state index contributed by atoms with van der Waals surface area (Å²) in [7, 11) is 0. The van der Waals surface area contributed by atoms with Gasteiger partial charge in [-0.15, -0.1) is 0 Å². The number of carboxylic acid groups (broad SMARTS) is 2. The van der Waals surface area contributed by atoms with Crippen molar-refractivity contribution in [2.45, 2.75) is 24.9 Å². The number of carboxylic acids is 2. The molecule has 2 unspecified atom stereocenters. The molecule has 2 aromatic rings. The van der Waals surface area contributed by atoms with Gasteiger partial charge in [0.15, 0.2) is 0 Å². The van der Waals surface area contributed by atoms with Crippen LogP contribution in [0.4, 0.5) is 0 Å². The Morgan fingerprint density at radius 2 is 1.44 bits per heavy atom. The standard InChI is InChI=1S/C9H10BrNO3.C9H11NO3/c10-7-2-1-6(12)3-5(7)4-8(11)9(13)14;10-8(9(12)13)5-6-2-1-3-7(11)4-6/h1-3,8,12H,4,11H2,(H,13,14);1-4,8,11H,5,10H2,(H,12,13). The highest BCUT2D eigenvalue weighted by molar-refractivity contribution is 9.10. The van der Waals surface area contributed by atoms with E-state index in [2.05, 4.69) is 15.9 Å². The molecule has 0 aliphatic heterocycles. The normalized spacial score (nSPS) is 12.4. The van der Waals surface area contributed by atoms with Crippen LogP contribution in [-0.2, 0) is 22.4 Å². The van der Waals surface area contributed by atoms with E-state index < -0.39 is 24.0 Å². The van der Waals surface area contributed by atoms with Crippen molar-refractivity contribution in [3.8, 4) is 11.5 Å². The lowest BCUT2D eigenvalue weighted by atomic mass is 10.1. The van der Waals surface area contributed by atoms with Gasteiger partial charge in [-0.2, -0.15) is 0 Å². The predicted octanol–water partition coefficient (Wildman–Crippen LogP) is 1.46. The molecule has 0 heterocycles. The molecule has 0 saturated carbocycles. The molecule has 2 aromatic carbocycles. The van der Waals surface area contributed by atoms with Crippen LogP contribution in [0.1, 0.15) is 11.1 Å². The number of phenols is 2. The van der Waals surface area contributed by atoms with Crippen molar-refractivity contribution in [2.75, 3.05) is 0 Å². The quantitative estimate of drug-likeness (QED) is 0.392. The van der Waals surface area contributed by atoms with Crippen molar-refractivity contribution < 1.29 is 30.0 Å². The average Bonchev–Trinajstić information content (AvgIpc) is 2.58. The second-order valence-corrected chi connectivity index (χ2v) is 6.60. The molecule has 27 heavy (non-hydrogen) atoms. The Morgan fingerprint density at radius 1 is 0.889 bits per heavy atom. The molecular weight excluding hydrogens is 420 g/mol. The molecule has 2 rings (SSSR count). The van der Waals surface area contributed by atoms with Gasteiger partial charge in [0.05, 0.1) is 0 Å². The van der Waals surface area contributed by atoms with Gasteiger partial charge in [-0.25, -0.2) is 0 Å². The second kappa shape index (κ2) is 10.5. The van der Waals surface area contributed by atoms with E-state index in [1.807, 2.05) is 0 Å². The Labute approximate surface area is 164 Å². The number of halogens is 1. The van der Waals surface area contributed by atoms with Crippen LogP contribution >= 0.6 is 15.9 Å². The van der Waals surface area contributed by atoms with Gasteiger partial charge < -0.3 is 31.9 Å². The molecule has 0 amide bonds. The van der Waals surface area contributed by atoms with Gasteiger partial charge in [-0.05, 0) is 54.3 Å². The number of nitrogens with two attached hydrogens (primary N) is 2. The first-order chi connectivity index (χ1) is 12.6.